The number of nitrogens with zero attached hydrogens (tertiary/aromatic N) is 1. The SMILES string of the molecule is Cc1cc(C)cc(Oc2ccc(/C(N)=N/O)cc2F)c1. The molecule has 5 heteroatoms. The molecule has 4 nitrogen and oxygen atoms in total. The third-order valence-corrected chi connectivity index (χ3v) is 2.76. The summed E-state index contributed by atoms with van der Waals surface area (Å²) >= 11 is 0. The van der Waals surface area contributed by atoms with Crippen LogP contribution in [0.25, 0.3) is 0 Å². The average molecular weight is 274 g/mol. The molecule has 0 heterocycles. The van der Waals surface area contributed by atoms with E-state index in [9.17, 15) is 4.39 Å². The topological polar surface area (TPSA) is 67.8 Å². The lowest BCUT2D eigenvalue weighted by atomic mass is 10.1. The first-order valence-electron chi connectivity index (χ1n) is 6.03. The van der Waals surface area contributed by atoms with Gasteiger partial charge in [-0.05, 0) is 55.3 Å². The van der Waals surface area contributed by atoms with Crippen LogP contribution in [0, 0.1) is 19.7 Å². The molecule has 0 fully saturated rings. The van der Waals surface area contributed by atoms with Crippen molar-refractivity contribution in [3.8, 4) is 11.5 Å². The second-order valence-electron chi connectivity index (χ2n) is 4.56. The van der Waals surface area contributed by atoms with E-state index in [4.69, 9.17) is 15.7 Å². The first-order chi connectivity index (χ1) is 9.49. The van der Waals surface area contributed by atoms with Crippen molar-refractivity contribution in [1.29, 1.82) is 0 Å². The summed E-state index contributed by atoms with van der Waals surface area (Å²) in [5.74, 6) is -0.0717. The maximum Gasteiger partial charge on any atom is 0.170 e. The first-order valence-corrected chi connectivity index (χ1v) is 6.03. The number of aryl methyl sites for hydroxylation is 2. The summed E-state index contributed by atoms with van der Waals surface area (Å²) in [6.45, 7) is 3.88. The van der Waals surface area contributed by atoms with E-state index < -0.39 is 5.82 Å². The number of ether oxygens (including phenoxy) is 1. The molecule has 2 rings (SSSR count). The van der Waals surface area contributed by atoms with Crippen molar-refractivity contribution in [1.82, 2.24) is 0 Å². The van der Waals surface area contributed by atoms with Crippen LogP contribution >= 0.6 is 0 Å². The van der Waals surface area contributed by atoms with Gasteiger partial charge in [-0.2, -0.15) is 0 Å². The minimum absolute atomic E-state index is 0.0875. The third kappa shape index (κ3) is 3.06. The first kappa shape index (κ1) is 13.9. The molecule has 104 valence electrons. The molecule has 0 saturated heterocycles. The van der Waals surface area contributed by atoms with Crippen LogP contribution in [0.3, 0.4) is 0 Å². The standard InChI is InChI=1S/C15H15FN2O2/c1-9-5-10(2)7-12(6-9)20-14-4-3-11(8-13(14)16)15(17)18-19/h3-8,19H,1-2H3,(H2,17,18). The molecule has 2 aromatic carbocycles. The average Bonchev–Trinajstić information content (AvgIpc) is 2.39. The molecular formula is C15H15FN2O2. The Labute approximate surface area is 116 Å². The molecule has 0 saturated carbocycles. The third-order valence-electron chi connectivity index (χ3n) is 2.76. The van der Waals surface area contributed by atoms with E-state index in [1.165, 1.54) is 12.1 Å². The number of rotatable bonds is 3. The van der Waals surface area contributed by atoms with Crippen LogP contribution in [0.2, 0.25) is 0 Å². The summed E-state index contributed by atoms with van der Waals surface area (Å²) in [4.78, 5) is 0. The van der Waals surface area contributed by atoms with Gasteiger partial charge in [0.05, 0.1) is 0 Å². The van der Waals surface area contributed by atoms with E-state index >= 15 is 0 Å². The smallest absolute Gasteiger partial charge is 0.170 e. The van der Waals surface area contributed by atoms with Crippen LogP contribution in [-0.2, 0) is 0 Å². The van der Waals surface area contributed by atoms with Gasteiger partial charge < -0.3 is 15.7 Å². The fourth-order valence-corrected chi connectivity index (χ4v) is 1.92. The number of hydrogen-bond donors (Lipinski definition) is 2. The van der Waals surface area contributed by atoms with Crippen molar-refractivity contribution < 1.29 is 14.3 Å². The van der Waals surface area contributed by atoms with Crippen molar-refractivity contribution >= 4 is 5.84 Å². The van der Waals surface area contributed by atoms with Gasteiger partial charge in [0.1, 0.15) is 5.75 Å². The van der Waals surface area contributed by atoms with Gasteiger partial charge in [0, 0.05) is 5.56 Å². The molecule has 0 atom stereocenters. The number of nitrogens with two attached hydrogens (primary N) is 1. The number of benzene rings is 2. The van der Waals surface area contributed by atoms with Crippen molar-refractivity contribution in [3.63, 3.8) is 0 Å². The van der Waals surface area contributed by atoms with Crippen LogP contribution in [0.4, 0.5) is 4.39 Å². The Morgan fingerprint density at radius 2 is 1.80 bits per heavy atom. The van der Waals surface area contributed by atoms with Crippen molar-refractivity contribution in [2.45, 2.75) is 13.8 Å². The fraction of sp³-hybridized carbons (Fsp3) is 0.133. The zero-order valence-corrected chi connectivity index (χ0v) is 11.2. The maximum absolute atomic E-state index is 13.9. The van der Waals surface area contributed by atoms with E-state index in [0.29, 0.717) is 5.75 Å². The Kier molecular flexibility index (Phi) is 3.89. The second kappa shape index (κ2) is 5.61. The summed E-state index contributed by atoms with van der Waals surface area (Å²) in [5, 5.41) is 11.4. The second-order valence-corrected chi connectivity index (χ2v) is 4.56. The van der Waals surface area contributed by atoms with E-state index in [-0.39, 0.29) is 17.1 Å². The summed E-state index contributed by atoms with van der Waals surface area (Å²) in [6, 6.07) is 9.78. The van der Waals surface area contributed by atoms with E-state index in [1.54, 1.807) is 0 Å². The molecule has 20 heavy (non-hydrogen) atoms. The Hall–Kier alpha value is -2.56. The van der Waals surface area contributed by atoms with Gasteiger partial charge in [0.25, 0.3) is 0 Å². The molecule has 0 aromatic heterocycles. The number of halogens is 1. The van der Waals surface area contributed by atoms with Gasteiger partial charge in [-0.3, -0.25) is 0 Å². The van der Waals surface area contributed by atoms with Gasteiger partial charge in [0.15, 0.2) is 17.4 Å². The molecule has 0 aliphatic heterocycles. The van der Waals surface area contributed by atoms with Gasteiger partial charge in [-0.15, -0.1) is 0 Å². The van der Waals surface area contributed by atoms with Crippen molar-refractivity contribution in [2.24, 2.45) is 10.9 Å². The Morgan fingerprint density at radius 1 is 1.15 bits per heavy atom. The highest BCUT2D eigenvalue weighted by molar-refractivity contribution is 5.97. The molecule has 0 aliphatic rings. The highest BCUT2D eigenvalue weighted by atomic mass is 19.1. The zero-order valence-electron chi connectivity index (χ0n) is 11.2. The molecular weight excluding hydrogens is 259 g/mol. The lowest BCUT2D eigenvalue weighted by molar-refractivity contribution is 0.318. The summed E-state index contributed by atoms with van der Waals surface area (Å²) in [5.41, 5.74) is 7.76. The Morgan fingerprint density at radius 3 is 2.35 bits per heavy atom. The van der Waals surface area contributed by atoms with Gasteiger partial charge in [-0.1, -0.05) is 11.2 Å². The normalized spacial score (nSPS) is 11.4. The van der Waals surface area contributed by atoms with E-state index in [2.05, 4.69) is 5.16 Å². The summed E-state index contributed by atoms with van der Waals surface area (Å²) < 4.78 is 19.4. The number of amidine groups is 1. The predicted molar refractivity (Wildman–Crippen MR) is 74.9 cm³/mol. The molecule has 3 N–H and O–H groups in total. The lowest BCUT2D eigenvalue weighted by Crippen LogP contribution is -2.13. The highest BCUT2D eigenvalue weighted by Crippen LogP contribution is 2.26. The minimum atomic E-state index is -0.576. The quantitative estimate of drug-likeness (QED) is 0.390. The van der Waals surface area contributed by atoms with Crippen LogP contribution < -0.4 is 10.5 Å². The Bertz CT molecular complexity index is 649. The summed E-state index contributed by atoms with van der Waals surface area (Å²) in [7, 11) is 0. The zero-order chi connectivity index (χ0) is 14.7. The lowest BCUT2D eigenvalue weighted by Gasteiger charge is -2.09. The number of oxime groups is 1. The molecule has 0 radical (unpaired) electrons. The summed E-state index contributed by atoms with van der Waals surface area (Å²) in [6.07, 6.45) is 0. The molecule has 0 spiro atoms. The van der Waals surface area contributed by atoms with Crippen LogP contribution in [0.5, 0.6) is 11.5 Å². The molecule has 2 aromatic rings. The van der Waals surface area contributed by atoms with Gasteiger partial charge >= 0.3 is 0 Å². The Balaban J connectivity index is 2.30. The maximum atomic E-state index is 13.9. The van der Waals surface area contributed by atoms with Crippen LogP contribution in [0.1, 0.15) is 16.7 Å². The largest absolute Gasteiger partial charge is 0.454 e. The van der Waals surface area contributed by atoms with Crippen molar-refractivity contribution in [2.75, 3.05) is 0 Å². The molecule has 0 aliphatic carbocycles. The highest BCUT2D eigenvalue weighted by Gasteiger charge is 2.09. The number of hydrogen-bond acceptors (Lipinski definition) is 3. The van der Waals surface area contributed by atoms with Crippen LogP contribution in [-0.4, -0.2) is 11.0 Å². The molecule has 0 amide bonds. The molecule has 0 bridgehead atoms. The van der Waals surface area contributed by atoms with E-state index in [1.807, 2.05) is 32.0 Å². The minimum Gasteiger partial charge on any atom is -0.454 e. The monoisotopic (exact) mass is 274 g/mol. The van der Waals surface area contributed by atoms with Crippen molar-refractivity contribution in [3.05, 3.63) is 58.9 Å². The van der Waals surface area contributed by atoms with Gasteiger partial charge in [-0.25, -0.2) is 4.39 Å². The predicted octanol–water partition coefficient (Wildman–Crippen LogP) is 3.33. The van der Waals surface area contributed by atoms with Gasteiger partial charge in [0.2, 0.25) is 0 Å². The van der Waals surface area contributed by atoms with E-state index in [0.717, 1.165) is 17.2 Å². The van der Waals surface area contributed by atoms with Crippen LogP contribution in [0.15, 0.2) is 41.6 Å². The fourth-order valence-electron chi connectivity index (χ4n) is 1.92. The molecule has 0 unspecified atom stereocenters.